The highest BCUT2D eigenvalue weighted by atomic mass is 16.5. The van der Waals surface area contributed by atoms with Gasteiger partial charge in [0.15, 0.2) is 0 Å². The lowest BCUT2D eigenvalue weighted by atomic mass is 9.87. The normalized spacial score (nSPS) is 24.0. The van der Waals surface area contributed by atoms with Crippen LogP contribution < -0.4 is 15.0 Å². The van der Waals surface area contributed by atoms with Gasteiger partial charge in [-0.05, 0) is 43.4 Å². The Labute approximate surface area is 129 Å². The molecule has 0 saturated heterocycles. The summed E-state index contributed by atoms with van der Waals surface area (Å²) in [5.41, 5.74) is 1.49. The van der Waals surface area contributed by atoms with E-state index in [9.17, 15) is 0 Å². The fourth-order valence-electron chi connectivity index (χ4n) is 3.18. The largest absolute Gasteiger partial charge is 0.489 e. The summed E-state index contributed by atoms with van der Waals surface area (Å²) >= 11 is 0. The maximum absolute atomic E-state index is 6.32. The van der Waals surface area contributed by atoms with E-state index in [-0.39, 0.29) is 6.10 Å². The molecule has 21 heavy (non-hydrogen) atoms. The third-order valence-corrected chi connectivity index (χ3v) is 4.52. The Hall–Kier alpha value is -1.22. The minimum atomic E-state index is 0.268. The summed E-state index contributed by atoms with van der Waals surface area (Å²) in [6.45, 7) is 7.97. The third-order valence-electron chi connectivity index (χ3n) is 4.52. The summed E-state index contributed by atoms with van der Waals surface area (Å²) in [5.74, 6) is 0.979. The zero-order valence-corrected chi connectivity index (χ0v) is 14.1. The predicted molar refractivity (Wildman–Crippen MR) is 90.3 cm³/mol. The van der Waals surface area contributed by atoms with E-state index in [4.69, 9.17) is 4.74 Å². The van der Waals surface area contributed by atoms with Crippen molar-refractivity contribution in [3.63, 3.8) is 0 Å². The average Bonchev–Trinajstić information content (AvgIpc) is 2.72. The fourth-order valence-corrected chi connectivity index (χ4v) is 3.18. The van der Waals surface area contributed by atoms with Crippen LogP contribution in [-0.4, -0.2) is 32.8 Å². The smallest absolute Gasteiger partial charge is 0.121 e. The van der Waals surface area contributed by atoms with Crippen molar-refractivity contribution in [3.05, 3.63) is 24.3 Å². The topological polar surface area (TPSA) is 24.5 Å². The number of nitrogens with zero attached hydrogens (tertiary/aromatic N) is 1. The Morgan fingerprint density at radius 1 is 1.33 bits per heavy atom. The number of anilines is 1. The van der Waals surface area contributed by atoms with E-state index in [1.807, 2.05) is 0 Å². The lowest BCUT2D eigenvalue weighted by Crippen LogP contribution is -2.47. The molecule has 3 heteroatoms. The van der Waals surface area contributed by atoms with Gasteiger partial charge in [-0.3, -0.25) is 0 Å². The molecule has 3 nitrogen and oxygen atoms in total. The van der Waals surface area contributed by atoms with Gasteiger partial charge in [-0.2, -0.15) is 0 Å². The molecule has 0 amide bonds. The van der Waals surface area contributed by atoms with Crippen LogP contribution in [-0.2, 0) is 0 Å². The Kier molecular flexibility index (Phi) is 5.15. The fraction of sp³-hybridized carbons (Fsp3) is 0.667. The summed E-state index contributed by atoms with van der Waals surface area (Å²) in [6.07, 6.45) is 3.77. The predicted octanol–water partition coefficient (Wildman–Crippen LogP) is 3.69. The summed E-state index contributed by atoms with van der Waals surface area (Å²) in [4.78, 5) is 2.11. The van der Waals surface area contributed by atoms with Gasteiger partial charge >= 0.3 is 0 Å². The zero-order valence-electron chi connectivity index (χ0n) is 14.1. The molecule has 1 N–H and O–H groups in total. The molecule has 0 aromatic heterocycles. The van der Waals surface area contributed by atoms with Crippen LogP contribution in [0.5, 0.6) is 5.75 Å². The summed E-state index contributed by atoms with van der Waals surface area (Å²) in [6, 6.07) is 8.80. The minimum Gasteiger partial charge on any atom is -0.489 e. The number of hydrogen-bond donors (Lipinski definition) is 1. The summed E-state index contributed by atoms with van der Waals surface area (Å²) in [5, 5.41) is 3.69. The Balaban J connectivity index is 2.08. The molecular weight excluding hydrogens is 260 g/mol. The second-order valence-corrected chi connectivity index (χ2v) is 7.01. The van der Waals surface area contributed by atoms with Crippen molar-refractivity contribution >= 4 is 5.69 Å². The Bertz CT molecular complexity index is 456. The first-order valence-corrected chi connectivity index (χ1v) is 8.11. The minimum absolute atomic E-state index is 0.268. The van der Waals surface area contributed by atoms with Crippen LogP contribution in [0.2, 0.25) is 0 Å². The molecular formula is C18H30N2O. The van der Waals surface area contributed by atoms with Crippen molar-refractivity contribution in [2.75, 3.05) is 25.5 Å². The van der Waals surface area contributed by atoms with Crippen molar-refractivity contribution in [3.8, 4) is 5.75 Å². The Morgan fingerprint density at radius 3 is 2.76 bits per heavy atom. The molecule has 118 valence electrons. The van der Waals surface area contributed by atoms with Crippen molar-refractivity contribution in [1.82, 2.24) is 5.32 Å². The molecule has 2 atom stereocenters. The second-order valence-electron chi connectivity index (χ2n) is 7.01. The standard InChI is InChI=1S/C18H30N2O/c1-6-12-19-17-16(10-11-18(17,2)3)21-15-9-7-8-14(13-15)20(4)5/h7-9,13,16-17,19H,6,10-12H2,1-5H3. The number of hydrogen-bond acceptors (Lipinski definition) is 3. The van der Waals surface area contributed by atoms with Crippen LogP contribution in [0.4, 0.5) is 5.69 Å². The van der Waals surface area contributed by atoms with Crippen LogP contribution in [0.1, 0.15) is 40.0 Å². The van der Waals surface area contributed by atoms with Crippen molar-refractivity contribution in [2.45, 2.75) is 52.2 Å². The maximum atomic E-state index is 6.32. The molecule has 0 aliphatic heterocycles. The molecule has 0 spiro atoms. The third kappa shape index (κ3) is 3.91. The first-order chi connectivity index (χ1) is 9.94. The van der Waals surface area contributed by atoms with Gasteiger partial charge in [0.1, 0.15) is 11.9 Å². The quantitative estimate of drug-likeness (QED) is 0.865. The SMILES string of the molecule is CCCNC1C(Oc2cccc(N(C)C)c2)CCC1(C)C. The molecule has 0 radical (unpaired) electrons. The van der Waals surface area contributed by atoms with Crippen molar-refractivity contribution in [1.29, 1.82) is 0 Å². The zero-order chi connectivity index (χ0) is 15.5. The molecule has 1 fully saturated rings. The van der Waals surface area contributed by atoms with Gasteiger partial charge in [-0.25, -0.2) is 0 Å². The van der Waals surface area contributed by atoms with Gasteiger partial charge in [0.05, 0.1) is 0 Å². The van der Waals surface area contributed by atoms with Crippen LogP contribution in [0.3, 0.4) is 0 Å². The van der Waals surface area contributed by atoms with Gasteiger partial charge in [0.25, 0.3) is 0 Å². The van der Waals surface area contributed by atoms with E-state index < -0.39 is 0 Å². The maximum Gasteiger partial charge on any atom is 0.121 e. The van der Waals surface area contributed by atoms with E-state index in [0.717, 1.165) is 25.1 Å². The van der Waals surface area contributed by atoms with Crippen LogP contribution in [0.15, 0.2) is 24.3 Å². The van der Waals surface area contributed by atoms with Crippen molar-refractivity contribution in [2.24, 2.45) is 5.41 Å². The molecule has 0 bridgehead atoms. The number of nitrogens with one attached hydrogen (secondary N) is 1. The van der Waals surface area contributed by atoms with Crippen molar-refractivity contribution < 1.29 is 4.74 Å². The highest BCUT2D eigenvalue weighted by molar-refractivity contribution is 5.49. The number of rotatable bonds is 6. The van der Waals surface area contributed by atoms with E-state index >= 15 is 0 Å². The molecule has 2 rings (SSSR count). The number of ether oxygens (including phenoxy) is 1. The highest BCUT2D eigenvalue weighted by Gasteiger charge is 2.42. The van der Waals surface area contributed by atoms with Gasteiger partial charge in [0, 0.05) is 31.9 Å². The van der Waals surface area contributed by atoms with E-state index in [1.54, 1.807) is 0 Å². The van der Waals surface area contributed by atoms with Crippen LogP contribution in [0.25, 0.3) is 0 Å². The van der Waals surface area contributed by atoms with Gasteiger partial charge in [0.2, 0.25) is 0 Å². The lowest BCUT2D eigenvalue weighted by Gasteiger charge is -2.32. The second kappa shape index (κ2) is 6.69. The van der Waals surface area contributed by atoms with E-state index in [0.29, 0.717) is 11.5 Å². The molecule has 1 aromatic carbocycles. The molecule has 0 heterocycles. The Morgan fingerprint density at radius 2 is 2.10 bits per heavy atom. The molecule has 1 saturated carbocycles. The molecule has 1 aromatic rings. The monoisotopic (exact) mass is 290 g/mol. The first kappa shape index (κ1) is 16.2. The summed E-state index contributed by atoms with van der Waals surface area (Å²) < 4.78 is 6.32. The van der Waals surface area contributed by atoms with Gasteiger partial charge in [-0.15, -0.1) is 0 Å². The van der Waals surface area contributed by atoms with E-state index in [1.165, 1.54) is 12.1 Å². The number of benzene rings is 1. The molecule has 1 aliphatic carbocycles. The van der Waals surface area contributed by atoms with Crippen LogP contribution in [0, 0.1) is 5.41 Å². The summed E-state index contributed by atoms with van der Waals surface area (Å²) in [7, 11) is 4.12. The molecule has 2 unspecified atom stereocenters. The first-order valence-electron chi connectivity index (χ1n) is 8.11. The molecule has 1 aliphatic rings. The average molecular weight is 290 g/mol. The van der Waals surface area contributed by atoms with E-state index in [2.05, 4.69) is 69.3 Å². The highest BCUT2D eigenvalue weighted by Crippen LogP contribution is 2.39. The van der Waals surface area contributed by atoms with Crippen LogP contribution >= 0.6 is 0 Å². The lowest BCUT2D eigenvalue weighted by molar-refractivity contribution is 0.140. The van der Waals surface area contributed by atoms with Gasteiger partial charge < -0.3 is 15.0 Å². The van der Waals surface area contributed by atoms with Gasteiger partial charge in [-0.1, -0.05) is 26.8 Å².